The lowest BCUT2D eigenvalue weighted by molar-refractivity contribution is 1.05. The van der Waals surface area contributed by atoms with E-state index in [1.807, 2.05) is 17.4 Å². The molecule has 51 heavy (non-hydrogen) atoms. The summed E-state index contributed by atoms with van der Waals surface area (Å²) in [6, 6.07) is 60.6. The van der Waals surface area contributed by atoms with Crippen LogP contribution in [0.2, 0.25) is 0 Å². The van der Waals surface area contributed by atoms with Crippen LogP contribution >= 0.6 is 11.3 Å². The van der Waals surface area contributed by atoms with Gasteiger partial charge in [-0.25, -0.2) is 9.97 Å². The Balaban J connectivity index is 1.22. The molecule has 5 heteroatoms. The van der Waals surface area contributed by atoms with Gasteiger partial charge in [-0.05, 0) is 60.7 Å². The molecule has 0 spiro atoms. The molecule has 0 saturated heterocycles. The maximum atomic E-state index is 5.39. The average Bonchev–Trinajstić information content (AvgIpc) is 3.84. The summed E-state index contributed by atoms with van der Waals surface area (Å²) in [5.41, 5.74) is 8.68. The van der Waals surface area contributed by atoms with Crippen molar-refractivity contribution in [1.82, 2.24) is 19.1 Å². The van der Waals surface area contributed by atoms with Gasteiger partial charge in [0.15, 0.2) is 5.82 Å². The van der Waals surface area contributed by atoms with Gasteiger partial charge in [0.2, 0.25) is 0 Å². The van der Waals surface area contributed by atoms with E-state index in [0.29, 0.717) is 5.82 Å². The van der Waals surface area contributed by atoms with Crippen LogP contribution in [0.3, 0.4) is 0 Å². The van der Waals surface area contributed by atoms with Gasteiger partial charge >= 0.3 is 0 Å². The highest BCUT2D eigenvalue weighted by Crippen LogP contribution is 2.41. The largest absolute Gasteiger partial charge is 0.309 e. The summed E-state index contributed by atoms with van der Waals surface area (Å²) >= 11 is 1.82. The second-order valence-electron chi connectivity index (χ2n) is 13.0. The SMILES string of the molecule is c1ccc(-c2cc(-n3c4ccccc4c4cc5c(cc43)c3ccccc3n5-c3ccccc3)nc(-c3ccc4sc5ccccc5c4c3)n2)cc1. The minimum Gasteiger partial charge on any atom is -0.309 e. The summed E-state index contributed by atoms with van der Waals surface area (Å²) in [5, 5.41) is 7.30. The first-order chi connectivity index (χ1) is 25.3. The molecule has 0 fully saturated rings. The van der Waals surface area contributed by atoms with Crippen LogP contribution in [0.25, 0.3) is 97.9 Å². The number of aromatic nitrogens is 4. The van der Waals surface area contributed by atoms with Crippen molar-refractivity contribution in [3.05, 3.63) is 170 Å². The zero-order chi connectivity index (χ0) is 33.5. The lowest BCUT2D eigenvalue weighted by Gasteiger charge is -2.12. The van der Waals surface area contributed by atoms with E-state index in [1.54, 1.807) is 0 Å². The first kappa shape index (κ1) is 28.3. The zero-order valence-electron chi connectivity index (χ0n) is 27.4. The van der Waals surface area contributed by atoms with Crippen molar-refractivity contribution in [2.75, 3.05) is 0 Å². The minimum absolute atomic E-state index is 0.705. The van der Waals surface area contributed by atoms with Gasteiger partial charge < -0.3 is 4.57 Å². The number of para-hydroxylation sites is 3. The molecule has 0 radical (unpaired) electrons. The van der Waals surface area contributed by atoms with Crippen molar-refractivity contribution in [2.45, 2.75) is 0 Å². The molecule has 11 rings (SSSR count). The maximum absolute atomic E-state index is 5.39. The smallest absolute Gasteiger partial charge is 0.162 e. The Kier molecular flexibility index (Phi) is 6.09. The van der Waals surface area contributed by atoms with E-state index in [1.165, 1.54) is 52.8 Å². The molecule has 4 aromatic heterocycles. The second-order valence-corrected chi connectivity index (χ2v) is 14.1. The highest BCUT2D eigenvalue weighted by Gasteiger charge is 2.20. The summed E-state index contributed by atoms with van der Waals surface area (Å²) in [4.78, 5) is 10.6. The third-order valence-corrected chi connectivity index (χ3v) is 11.3. The van der Waals surface area contributed by atoms with E-state index < -0.39 is 0 Å². The summed E-state index contributed by atoms with van der Waals surface area (Å²) in [5.74, 6) is 1.54. The number of hydrogen-bond acceptors (Lipinski definition) is 3. The Morgan fingerprint density at radius 1 is 0.373 bits per heavy atom. The highest BCUT2D eigenvalue weighted by atomic mass is 32.1. The summed E-state index contributed by atoms with van der Waals surface area (Å²) in [7, 11) is 0. The average molecular weight is 669 g/mol. The van der Waals surface area contributed by atoms with Crippen molar-refractivity contribution < 1.29 is 0 Å². The molecule has 238 valence electrons. The predicted molar refractivity (Wildman–Crippen MR) is 214 cm³/mol. The molecule has 0 bridgehead atoms. The topological polar surface area (TPSA) is 35.6 Å². The van der Waals surface area contributed by atoms with E-state index in [4.69, 9.17) is 9.97 Å². The quantitative estimate of drug-likeness (QED) is 0.187. The molecule has 0 N–H and O–H groups in total. The van der Waals surface area contributed by atoms with Crippen molar-refractivity contribution in [3.63, 3.8) is 0 Å². The summed E-state index contributed by atoms with van der Waals surface area (Å²) in [6.45, 7) is 0. The van der Waals surface area contributed by atoms with Crippen LogP contribution < -0.4 is 0 Å². The number of fused-ring (bicyclic) bond motifs is 9. The van der Waals surface area contributed by atoms with Gasteiger partial charge in [-0.15, -0.1) is 11.3 Å². The number of rotatable bonds is 4. The number of benzene rings is 7. The van der Waals surface area contributed by atoms with Crippen LogP contribution in [-0.2, 0) is 0 Å². The highest BCUT2D eigenvalue weighted by molar-refractivity contribution is 7.25. The first-order valence-corrected chi connectivity index (χ1v) is 18.0. The molecule has 0 saturated carbocycles. The minimum atomic E-state index is 0.705. The third-order valence-electron chi connectivity index (χ3n) is 10.1. The maximum Gasteiger partial charge on any atom is 0.162 e. The Labute approximate surface area is 297 Å². The monoisotopic (exact) mass is 668 g/mol. The van der Waals surface area contributed by atoms with Crippen molar-refractivity contribution >= 4 is 75.1 Å². The molecule has 4 heterocycles. The van der Waals surface area contributed by atoms with Gasteiger partial charge in [0, 0.05) is 64.6 Å². The van der Waals surface area contributed by atoms with Crippen LogP contribution in [0.15, 0.2) is 170 Å². The number of hydrogen-bond donors (Lipinski definition) is 0. The normalized spacial score (nSPS) is 11.9. The van der Waals surface area contributed by atoms with E-state index >= 15 is 0 Å². The van der Waals surface area contributed by atoms with E-state index in [9.17, 15) is 0 Å². The molecule has 0 aliphatic carbocycles. The molecule has 0 atom stereocenters. The van der Waals surface area contributed by atoms with Crippen molar-refractivity contribution in [1.29, 1.82) is 0 Å². The van der Waals surface area contributed by atoms with Gasteiger partial charge in [0.1, 0.15) is 5.82 Å². The lowest BCUT2D eigenvalue weighted by Crippen LogP contribution is -2.02. The molecule has 4 nitrogen and oxygen atoms in total. The van der Waals surface area contributed by atoms with Crippen LogP contribution in [0, 0.1) is 0 Å². The predicted octanol–water partition coefficient (Wildman–Crippen LogP) is 12.4. The van der Waals surface area contributed by atoms with Crippen molar-refractivity contribution in [2.24, 2.45) is 0 Å². The van der Waals surface area contributed by atoms with Gasteiger partial charge in [0.25, 0.3) is 0 Å². The standard InChI is InChI=1S/C46H28N4S/c1-3-13-29(14-4-1)38-28-45(48-46(47-38)30-23-24-44-37(25-30)34-19-9-12-22-43(34)51-44)50-40-21-11-8-18-33(40)36-26-41-35(27-42(36)50)32-17-7-10-20-39(32)49(41)31-15-5-2-6-16-31/h1-28H. The fourth-order valence-corrected chi connectivity index (χ4v) is 8.92. The molecule has 0 aliphatic rings. The Hall–Kier alpha value is -6.56. The van der Waals surface area contributed by atoms with Crippen LogP contribution in [-0.4, -0.2) is 19.1 Å². The lowest BCUT2D eigenvalue weighted by atomic mass is 10.1. The van der Waals surface area contributed by atoms with Crippen molar-refractivity contribution in [3.8, 4) is 34.2 Å². The van der Waals surface area contributed by atoms with E-state index in [2.05, 4.69) is 173 Å². The van der Waals surface area contributed by atoms with E-state index in [0.717, 1.165) is 39.4 Å². The molecule has 0 aliphatic heterocycles. The molecular weight excluding hydrogens is 641 g/mol. The van der Waals surface area contributed by atoms with Crippen LogP contribution in [0.1, 0.15) is 0 Å². The Morgan fingerprint density at radius 3 is 1.71 bits per heavy atom. The Morgan fingerprint density at radius 2 is 0.961 bits per heavy atom. The van der Waals surface area contributed by atoms with Gasteiger partial charge in [-0.2, -0.15) is 0 Å². The van der Waals surface area contributed by atoms with Crippen LogP contribution in [0.5, 0.6) is 0 Å². The van der Waals surface area contributed by atoms with Crippen LogP contribution in [0.4, 0.5) is 0 Å². The summed E-state index contributed by atoms with van der Waals surface area (Å²) < 4.78 is 7.26. The van der Waals surface area contributed by atoms with Gasteiger partial charge in [-0.1, -0.05) is 103 Å². The summed E-state index contributed by atoms with van der Waals surface area (Å²) in [6.07, 6.45) is 0. The molecule has 0 amide bonds. The molecule has 11 aromatic rings. The fraction of sp³-hybridized carbons (Fsp3) is 0. The van der Waals surface area contributed by atoms with E-state index in [-0.39, 0.29) is 0 Å². The Bertz CT molecular complexity index is 3130. The molecular formula is C46H28N4S. The van der Waals surface area contributed by atoms with Gasteiger partial charge in [0.05, 0.1) is 27.8 Å². The number of thiophene rings is 1. The third kappa shape index (κ3) is 4.32. The number of nitrogens with zero attached hydrogens (tertiary/aromatic N) is 4. The second kappa shape index (κ2) is 11.0. The molecule has 7 aromatic carbocycles. The first-order valence-electron chi connectivity index (χ1n) is 17.2. The fourth-order valence-electron chi connectivity index (χ4n) is 7.83. The van der Waals surface area contributed by atoms with Gasteiger partial charge in [-0.3, -0.25) is 4.57 Å². The zero-order valence-corrected chi connectivity index (χ0v) is 28.2. The molecule has 0 unspecified atom stereocenters.